The van der Waals surface area contributed by atoms with Crippen LogP contribution in [0.15, 0.2) is 34.0 Å². The van der Waals surface area contributed by atoms with Gasteiger partial charge in [-0.3, -0.25) is 9.78 Å². The van der Waals surface area contributed by atoms with Gasteiger partial charge in [0.2, 0.25) is 11.6 Å². The SMILES string of the molecule is COc1ncc(Cc2c(C)cc(-n3nc(C#N)c(=O)[nH]c3=O)cc2C)cc1C(C)C. The van der Waals surface area contributed by atoms with Gasteiger partial charge in [-0.2, -0.15) is 9.94 Å². The molecule has 0 aliphatic rings. The molecule has 0 bridgehead atoms. The zero-order valence-electron chi connectivity index (χ0n) is 17.6. The van der Waals surface area contributed by atoms with Crippen LogP contribution in [0, 0.1) is 25.2 Å². The van der Waals surface area contributed by atoms with Crippen molar-refractivity contribution < 1.29 is 4.74 Å². The molecule has 1 aromatic carbocycles. The van der Waals surface area contributed by atoms with E-state index in [1.165, 1.54) is 0 Å². The molecule has 0 aliphatic heterocycles. The molecule has 154 valence electrons. The van der Waals surface area contributed by atoms with E-state index >= 15 is 0 Å². The lowest BCUT2D eigenvalue weighted by atomic mass is 9.94. The molecule has 0 unspecified atom stereocenters. The molecule has 0 atom stereocenters. The Morgan fingerprint density at radius 1 is 1.20 bits per heavy atom. The van der Waals surface area contributed by atoms with Gasteiger partial charge in [0.25, 0.3) is 5.56 Å². The van der Waals surface area contributed by atoms with Gasteiger partial charge in [-0.15, -0.1) is 5.10 Å². The molecule has 8 heteroatoms. The minimum atomic E-state index is -0.795. The molecule has 0 saturated carbocycles. The molecule has 0 fully saturated rings. The highest BCUT2D eigenvalue weighted by molar-refractivity contribution is 5.47. The fraction of sp³-hybridized carbons (Fsp3) is 0.318. The standard InChI is InChI=1S/C22H23N5O3/c1-12(2)17-8-15(11-24-21(17)30-5)9-18-13(3)6-16(7-14(18)4)27-22(29)25-20(28)19(10-23)26-27/h6-8,11-12H,9H2,1-5H3,(H,25,28,29). The number of ether oxygens (including phenoxy) is 1. The second kappa shape index (κ2) is 8.33. The molecular formula is C22H23N5O3. The molecule has 2 heterocycles. The van der Waals surface area contributed by atoms with Gasteiger partial charge >= 0.3 is 5.69 Å². The summed E-state index contributed by atoms with van der Waals surface area (Å²) in [6, 6.07) is 7.44. The van der Waals surface area contributed by atoms with Gasteiger partial charge in [0.15, 0.2) is 0 Å². The maximum atomic E-state index is 12.2. The lowest BCUT2D eigenvalue weighted by Crippen LogP contribution is -2.33. The Morgan fingerprint density at radius 2 is 1.87 bits per heavy atom. The van der Waals surface area contributed by atoms with Crippen LogP contribution in [0.5, 0.6) is 5.88 Å². The number of nitriles is 1. The van der Waals surface area contributed by atoms with E-state index in [1.807, 2.05) is 32.2 Å². The summed E-state index contributed by atoms with van der Waals surface area (Å²) in [6.45, 7) is 8.10. The third kappa shape index (κ3) is 4.01. The number of H-pyrrole nitrogens is 1. The van der Waals surface area contributed by atoms with Crippen LogP contribution in [-0.2, 0) is 6.42 Å². The first-order valence-corrected chi connectivity index (χ1v) is 9.52. The van der Waals surface area contributed by atoms with Crippen LogP contribution in [0.4, 0.5) is 0 Å². The summed E-state index contributed by atoms with van der Waals surface area (Å²) in [5, 5.41) is 12.9. The van der Waals surface area contributed by atoms with Crippen LogP contribution in [0.25, 0.3) is 5.69 Å². The van der Waals surface area contributed by atoms with Crippen molar-refractivity contribution in [2.75, 3.05) is 7.11 Å². The van der Waals surface area contributed by atoms with Crippen LogP contribution in [-0.4, -0.2) is 26.9 Å². The quantitative estimate of drug-likeness (QED) is 0.698. The molecule has 2 aromatic heterocycles. The molecular weight excluding hydrogens is 382 g/mol. The van der Waals surface area contributed by atoms with E-state index in [0.717, 1.165) is 32.5 Å². The third-order valence-electron chi connectivity index (χ3n) is 4.99. The Kier molecular flexibility index (Phi) is 5.83. The second-order valence-electron chi connectivity index (χ2n) is 7.46. The lowest BCUT2D eigenvalue weighted by molar-refractivity contribution is 0.390. The van der Waals surface area contributed by atoms with Gasteiger partial charge in [0, 0.05) is 11.8 Å². The number of nitrogens with zero attached hydrogens (tertiary/aromatic N) is 4. The summed E-state index contributed by atoms with van der Waals surface area (Å²) in [5.41, 5.74) is 3.79. The van der Waals surface area contributed by atoms with Gasteiger partial charge in [-0.05, 0) is 66.6 Å². The first-order valence-electron chi connectivity index (χ1n) is 9.52. The van der Waals surface area contributed by atoms with Gasteiger partial charge in [-0.1, -0.05) is 13.8 Å². The summed E-state index contributed by atoms with van der Waals surface area (Å²) < 4.78 is 6.40. The second-order valence-corrected chi connectivity index (χ2v) is 7.46. The van der Waals surface area contributed by atoms with Crippen molar-refractivity contribution in [1.82, 2.24) is 19.7 Å². The zero-order chi connectivity index (χ0) is 22.0. The predicted molar refractivity (Wildman–Crippen MR) is 112 cm³/mol. The fourth-order valence-electron chi connectivity index (χ4n) is 3.42. The minimum Gasteiger partial charge on any atom is -0.481 e. The van der Waals surface area contributed by atoms with E-state index in [1.54, 1.807) is 13.2 Å². The summed E-state index contributed by atoms with van der Waals surface area (Å²) in [7, 11) is 1.62. The highest BCUT2D eigenvalue weighted by atomic mass is 16.5. The third-order valence-corrected chi connectivity index (χ3v) is 4.99. The van der Waals surface area contributed by atoms with E-state index in [9.17, 15) is 9.59 Å². The Balaban J connectivity index is 2.03. The van der Waals surface area contributed by atoms with Crippen LogP contribution in [0.2, 0.25) is 0 Å². The van der Waals surface area contributed by atoms with Gasteiger partial charge in [0.1, 0.15) is 6.07 Å². The van der Waals surface area contributed by atoms with E-state index < -0.39 is 11.2 Å². The number of nitrogens with one attached hydrogen (secondary N) is 1. The molecule has 30 heavy (non-hydrogen) atoms. The maximum absolute atomic E-state index is 12.2. The first-order chi connectivity index (χ1) is 14.2. The van der Waals surface area contributed by atoms with Crippen molar-refractivity contribution in [1.29, 1.82) is 5.26 Å². The highest BCUT2D eigenvalue weighted by Gasteiger charge is 2.14. The van der Waals surface area contributed by atoms with Gasteiger partial charge in [0.05, 0.1) is 12.8 Å². The van der Waals surface area contributed by atoms with Crippen molar-refractivity contribution >= 4 is 0 Å². The molecule has 0 spiro atoms. The number of hydrogen-bond donors (Lipinski definition) is 1. The van der Waals surface area contributed by atoms with Crippen molar-refractivity contribution in [2.45, 2.75) is 40.0 Å². The Bertz CT molecular complexity index is 1240. The number of benzene rings is 1. The number of pyridine rings is 1. The normalized spacial score (nSPS) is 10.8. The van der Waals surface area contributed by atoms with Crippen molar-refractivity contribution in [3.8, 4) is 17.6 Å². The first kappa shape index (κ1) is 21.0. The summed E-state index contributed by atoms with van der Waals surface area (Å²) in [5.74, 6) is 0.916. The number of aryl methyl sites for hydroxylation is 2. The number of hydrogen-bond acceptors (Lipinski definition) is 6. The van der Waals surface area contributed by atoms with Crippen molar-refractivity contribution in [2.24, 2.45) is 0 Å². The molecule has 3 aromatic rings. The zero-order valence-corrected chi connectivity index (χ0v) is 17.6. The van der Waals surface area contributed by atoms with Gasteiger partial charge in [-0.25, -0.2) is 9.78 Å². The molecule has 1 N–H and O–H groups in total. The smallest absolute Gasteiger partial charge is 0.349 e. The van der Waals surface area contributed by atoms with E-state index in [0.29, 0.717) is 18.0 Å². The molecule has 0 saturated heterocycles. The monoisotopic (exact) mass is 405 g/mol. The summed E-state index contributed by atoms with van der Waals surface area (Å²) in [6.07, 6.45) is 2.48. The summed E-state index contributed by atoms with van der Waals surface area (Å²) in [4.78, 5) is 30.3. The summed E-state index contributed by atoms with van der Waals surface area (Å²) >= 11 is 0. The van der Waals surface area contributed by atoms with Crippen LogP contribution in [0.1, 0.15) is 53.3 Å². The lowest BCUT2D eigenvalue weighted by Gasteiger charge is -2.15. The Labute approximate surface area is 173 Å². The Morgan fingerprint density at radius 3 is 2.43 bits per heavy atom. The predicted octanol–water partition coefficient (Wildman–Crippen LogP) is 2.53. The molecule has 3 rings (SSSR count). The van der Waals surface area contributed by atoms with E-state index in [2.05, 4.69) is 35.0 Å². The van der Waals surface area contributed by atoms with Crippen molar-refractivity contribution in [3.63, 3.8) is 0 Å². The number of methoxy groups -OCH3 is 1. The number of aromatic nitrogens is 4. The van der Waals surface area contributed by atoms with Crippen LogP contribution >= 0.6 is 0 Å². The molecule has 0 aliphatic carbocycles. The Hall–Kier alpha value is -3.73. The highest BCUT2D eigenvalue weighted by Crippen LogP contribution is 2.27. The van der Waals surface area contributed by atoms with E-state index in [4.69, 9.17) is 10.00 Å². The van der Waals surface area contributed by atoms with Crippen LogP contribution < -0.4 is 16.0 Å². The fourth-order valence-corrected chi connectivity index (χ4v) is 3.42. The average Bonchev–Trinajstić information content (AvgIpc) is 2.70. The average molecular weight is 405 g/mol. The molecule has 0 radical (unpaired) electrons. The van der Waals surface area contributed by atoms with Crippen LogP contribution in [0.3, 0.4) is 0 Å². The topological polar surface area (TPSA) is 114 Å². The largest absolute Gasteiger partial charge is 0.481 e. The van der Waals surface area contributed by atoms with Crippen molar-refractivity contribution in [3.05, 3.63) is 78.7 Å². The van der Waals surface area contributed by atoms with E-state index in [-0.39, 0.29) is 11.6 Å². The number of rotatable bonds is 5. The maximum Gasteiger partial charge on any atom is 0.349 e. The molecule has 0 amide bonds. The van der Waals surface area contributed by atoms with Gasteiger partial charge < -0.3 is 4.74 Å². The number of aromatic amines is 1. The molecule has 8 nitrogen and oxygen atoms in total. The minimum absolute atomic E-state index is 0.282.